The van der Waals surface area contributed by atoms with Gasteiger partial charge in [-0.1, -0.05) is 0 Å². The Kier molecular flexibility index (Phi) is 3.71. The quantitative estimate of drug-likeness (QED) is 0.773. The van der Waals surface area contributed by atoms with Crippen molar-refractivity contribution in [2.24, 2.45) is 17.8 Å². The lowest BCUT2D eigenvalue weighted by molar-refractivity contribution is -0.144. The maximum atomic E-state index is 11.8. The number of rotatable bonds is 3. The van der Waals surface area contributed by atoms with Gasteiger partial charge in [-0.2, -0.15) is 0 Å². The molecular weight excluding hydrogens is 250 g/mol. The lowest BCUT2D eigenvalue weighted by Gasteiger charge is -2.23. The van der Waals surface area contributed by atoms with E-state index in [1.807, 2.05) is 0 Å². The molecule has 1 saturated carbocycles. The van der Waals surface area contributed by atoms with E-state index in [2.05, 4.69) is 5.32 Å². The molecule has 1 saturated heterocycles. The fourth-order valence-electron chi connectivity index (χ4n) is 2.65. The molecule has 1 N–H and O–H groups in total. The second-order valence-electron chi connectivity index (χ2n) is 6.09. The molecule has 2 fully saturated rings. The molecule has 1 heterocycles. The topological polar surface area (TPSA) is 73.9 Å². The minimum atomic E-state index is -0.640. The Morgan fingerprint density at radius 3 is 2.32 bits per heavy atom. The Morgan fingerprint density at radius 2 is 1.84 bits per heavy atom. The molecule has 0 aromatic carbocycles. The highest BCUT2D eigenvalue weighted by atomic mass is 16.6. The molecule has 0 aromatic heterocycles. The van der Waals surface area contributed by atoms with Gasteiger partial charge in [0, 0.05) is 5.92 Å². The summed E-state index contributed by atoms with van der Waals surface area (Å²) in [6.07, 6.45) is -0.589. The number of esters is 1. The standard InChI is InChI=1S/C13H21NO5/c1-13(2,3)19-12(16)14-10(11(15)17-4)9-7-5-18-6-8(7)9/h7-10H,5-6H2,1-4H3,(H,14,16). The van der Waals surface area contributed by atoms with Crippen LogP contribution >= 0.6 is 0 Å². The number of hydrogen-bond donors (Lipinski definition) is 1. The van der Waals surface area contributed by atoms with Gasteiger partial charge in [0.15, 0.2) is 0 Å². The minimum absolute atomic E-state index is 0.105. The zero-order chi connectivity index (χ0) is 14.2. The Balaban J connectivity index is 1.95. The first kappa shape index (κ1) is 14.1. The van der Waals surface area contributed by atoms with Crippen molar-refractivity contribution in [3.63, 3.8) is 0 Å². The number of carbonyl (C=O) groups excluding carboxylic acids is 2. The van der Waals surface area contributed by atoms with Gasteiger partial charge in [-0.15, -0.1) is 0 Å². The van der Waals surface area contributed by atoms with Crippen molar-refractivity contribution in [3.05, 3.63) is 0 Å². The van der Waals surface area contributed by atoms with Gasteiger partial charge in [-0.25, -0.2) is 9.59 Å². The smallest absolute Gasteiger partial charge is 0.408 e. The van der Waals surface area contributed by atoms with E-state index < -0.39 is 23.7 Å². The molecule has 1 aliphatic carbocycles. The highest BCUT2D eigenvalue weighted by Crippen LogP contribution is 2.52. The van der Waals surface area contributed by atoms with Crippen molar-refractivity contribution in [3.8, 4) is 0 Å². The first-order chi connectivity index (χ1) is 8.83. The number of fused-ring (bicyclic) bond motifs is 1. The second-order valence-corrected chi connectivity index (χ2v) is 6.09. The number of amides is 1. The largest absolute Gasteiger partial charge is 0.467 e. The summed E-state index contributed by atoms with van der Waals surface area (Å²) in [5.74, 6) is 0.372. The van der Waals surface area contributed by atoms with Crippen molar-refractivity contribution >= 4 is 12.1 Å². The predicted molar refractivity (Wildman–Crippen MR) is 66.5 cm³/mol. The number of carbonyl (C=O) groups is 2. The Morgan fingerprint density at radius 1 is 1.26 bits per heavy atom. The zero-order valence-electron chi connectivity index (χ0n) is 11.8. The second kappa shape index (κ2) is 5.00. The van der Waals surface area contributed by atoms with Crippen LogP contribution in [0.3, 0.4) is 0 Å². The summed E-state index contributed by atoms with van der Waals surface area (Å²) in [5, 5.41) is 2.62. The lowest BCUT2D eigenvalue weighted by atomic mass is 10.1. The Hall–Kier alpha value is -1.30. The molecule has 0 bridgehead atoms. The molecule has 6 nitrogen and oxygen atoms in total. The molecule has 1 aliphatic heterocycles. The molecule has 3 atom stereocenters. The lowest BCUT2D eigenvalue weighted by Crippen LogP contribution is -2.46. The zero-order valence-corrected chi connectivity index (χ0v) is 11.8. The van der Waals surface area contributed by atoms with E-state index in [0.29, 0.717) is 25.0 Å². The van der Waals surface area contributed by atoms with Gasteiger partial charge in [0.2, 0.25) is 0 Å². The number of alkyl carbamates (subject to hydrolysis) is 1. The number of nitrogens with one attached hydrogen (secondary N) is 1. The summed E-state index contributed by atoms with van der Waals surface area (Å²) in [7, 11) is 1.32. The number of hydrogen-bond acceptors (Lipinski definition) is 5. The van der Waals surface area contributed by atoms with Crippen LogP contribution in [0.15, 0.2) is 0 Å². The molecule has 19 heavy (non-hydrogen) atoms. The fourth-order valence-corrected chi connectivity index (χ4v) is 2.65. The predicted octanol–water partition coefficient (Wildman–Crippen LogP) is 0.945. The Labute approximate surface area is 112 Å². The van der Waals surface area contributed by atoms with E-state index in [1.54, 1.807) is 20.8 Å². The summed E-state index contributed by atoms with van der Waals surface area (Å²) >= 11 is 0. The average Bonchev–Trinajstić information content (AvgIpc) is 2.75. The van der Waals surface area contributed by atoms with E-state index in [1.165, 1.54) is 7.11 Å². The van der Waals surface area contributed by atoms with Crippen LogP contribution in [0.2, 0.25) is 0 Å². The van der Waals surface area contributed by atoms with Crippen LogP contribution in [0.5, 0.6) is 0 Å². The first-order valence-corrected chi connectivity index (χ1v) is 6.48. The average molecular weight is 271 g/mol. The highest BCUT2D eigenvalue weighted by molar-refractivity contribution is 5.82. The number of methoxy groups -OCH3 is 1. The van der Waals surface area contributed by atoms with E-state index in [0.717, 1.165) is 0 Å². The van der Waals surface area contributed by atoms with Gasteiger partial charge in [0.25, 0.3) is 0 Å². The minimum Gasteiger partial charge on any atom is -0.467 e. The van der Waals surface area contributed by atoms with Crippen LogP contribution in [0.25, 0.3) is 0 Å². The van der Waals surface area contributed by atoms with Crippen molar-refractivity contribution in [1.29, 1.82) is 0 Å². The maximum Gasteiger partial charge on any atom is 0.408 e. The highest BCUT2D eigenvalue weighted by Gasteiger charge is 2.60. The van der Waals surface area contributed by atoms with Gasteiger partial charge in [-0.05, 0) is 32.6 Å². The third-order valence-electron chi connectivity index (χ3n) is 3.53. The van der Waals surface area contributed by atoms with E-state index in [-0.39, 0.29) is 5.92 Å². The third kappa shape index (κ3) is 3.18. The monoisotopic (exact) mass is 271 g/mol. The summed E-state index contributed by atoms with van der Waals surface area (Å²) in [4.78, 5) is 23.6. The SMILES string of the molecule is COC(=O)C(NC(=O)OC(C)(C)C)C1C2COCC21. The molecule has 0 aromatic rings. The number of ether oxygens (including phenoxy) is 3. The van der Waals surface area contributed by atoms with Crippen LogP contribution in [0, 0.1) is 17.8 Å². The van der Waals surface area contributed by atoms with Gasteiger partial charge < -0.3 is 19.5 Å². The van der Waals surface area contributed by atoms with Gasteiger partial charge in [0.05, 0.1) is 20.3 Å². The van der Waals surface area contributed by atoms with Crippen molar-refractivity contribution in [1.82, 2.24) is 5.32 Å². The third-order valence-corrected chi connectivity index (χ3v) is 3.53. The van der Waals surface area contributed by atoms with Gasteiger partial charge in [0.1, 0.15) is 11.6 Å². The first-order valence-electron chi connectivity index (χ1n) is 6.48. The molecule has 6 heteroatoms. The van der Waals surface area contributed by atoms with Crippen molar-refractivity contribution in [2.45, 2.75) is 32.4 Å². The molecule has 2 aliphatic rings. The maximum absolute atomic E-state index is 11.8. The van der Waals surface area contributed by atoms with Gasteiger partial charge >= 0.3 is 12.1 Å². The Bertz CT molecular complexity index is 366. The normalized spacial score (nSPS) is 30.2. The molecule has 108 valence electrons. The van der Waals surface area contributed by atoms with Crippen molar-refractivity contribution < 1.29 is 23.8 Å². The van der Waals surface area contributed by atoms with Crippen LogP contribution in [0.4, 0.5) is 4.79 Å². The molecule has 0 spiro atoms. The fraction of sp³-hybridized carbons (Fsp3) is 0.846. The molecule has 2 rings (SSSR count). The summed E-state index contributed by atoms with van der Waals surface area (Å²) in [6, 6.07) is -0.640. The van der Waals surface area contributed by atoms with Crippen LogP contribution in [0.1, 0.15) is 20.8 Å². The summed E-state index contributed by atoms with van der Waals surface area (Å²) in [5.41, 5.74) is -0.590. The molecule has 0 radical (unpaired) electrons. The van der Waals surface area contributed by atoms with Crippen LogP contribution in [-0.4, -0.2) is 44.0 Å². The summed E-state index contributed by atoms with van der Waals surface area (Å²) in [6.45, 7) is 6.63. The summed E-state index contributed by atoms with van der Waals surface area (Å²) < 4.78 is 15.2. The van der Waals surface area contributed by atoms with E-state index >= 15 is 0 Å². The molecular formula is C13H21NO5. The van der Waals surface area contributed by atoms with Gasteiger partial charge in [-0.3, -0.25) is 0 Å². The molecule has 1 amide bonds. The van der Waals surface area contributed by atoms with E-state index in [9.17, 15) is 9.59 Å². The van der Waals surface area contributed by atoms with Crippen LogP contribution in [-0.2, 0) is 19.0 Å². The van der Waals surface area contributed by atoms with E-state index in [4.69, 9.17) is 14.2 Å². The molecule has 3 unspecified atom stereocenters. The van der Waals surface area contributed by atoms with Crippen LogP contribution < -0.4 is 5.32 Å². The van der Waals surface area contributed by atoms with Crippen molar-refractivity contribution in [2.75, 3.05) is 20.3 Å².